The fourth-order valence-electron chi connectivity index (χ4n) is 0. The second-order valence-electron chi connectivity index (χ2n) is 5.94. The zero-order valence-electron chi connectivity index (χ0n) is 29.1. The van der Waals surface area contributed by atoms with E-state index in [1.54, 1.807) is 0 Å². The average Bonchev–Trinajstić information content (AvgIpc) is 2.48. The Bertz CT molecular complexity index is 513. The first-order valence-electron chi connectivity index (χ1n) is 10.5. The average molecular weight is 1060 g/mol. The first-order valence-corrected chi connectivity index (χ1v) is 10.5. The zero-order valence-corrected chi connectivity index (χ0v) is 27.1. The van der Waals surface area contributed by atoms with Crippen molar-refractivity contribution in [3.8, 4) is 0 Å². The molecule has 62 heteroatoms. The molecule has 0 aromatic carbocycles. The van der Waals surface area contributed by atoms with Crippen LogP contribution in [0.2, 0.25) is 0 Å². The maximum Gasteiger partial charge on any atom is 1.00 e. The predicted molar refractivity (Wildman–Crippen MR) is 124 cm³/mol. The second kappa shape index (κ2) is 41.1. The summed E-state index contributed by atoms with van der Waals surface area (Å²) < 4.78 is 468. The van der Waals surface area contributed by atoms with Crippen LogP contribution in [0.4, 0.5) is 207 Å². The van der Waals surface area contributed by atoms with Crippen LogP contribution in [0.5, 0.6) is 0 Å². The molecule has 0 heterocycles. The molecule has 0 N–H and O–H groups in total. The van der Waals surface area contributed by atoms with Crippen LogP contribution < -0.4 is 37.7 Å². The summed E-state index contributed by atoms with van der Waals surface area (Å²) in [4.78, 5) is 0. The molecule has 0 aliphatic heterocycles. The molecule has 0 bridgehead atoms. The van der Waals surface area contributed by atoms with Gasteiger partial charge in [0.05, 0.1) is 0 Å². The van der Waals surface area contributed by atoms with Gasteiger partial charge in [0.25, 0.3) is 0 Å². The summed E-state index contributed by atoms with van der Waals surface area (Å²) in [6, 6.07) is 0. The van der Waals surface area contributed by atoms with Gasteiger partial charge in [0, 0.05) is 0 Å². The summed E-state index contributed by atoms with van der Waals surface area (Å²) in [6.07, 6.45) is 0. The number of hydrogen-bond donors (Lipinski definition) is 0. The Morgan fingerprint density at radius 1 is 0.0968 bits per heavy atom. The van der Waals surface area contributed by atoms with Crippen LogP contribution in [-0.4, -0.2) is 87.1 Å². The van der Waals surface area contributed by atoms with Gasteiger partial charge in [-0.2, -0.15) is 0 Å². The minimum atomic E-state index is -6.00. The Hall–Kier alpha value is -1.39. The molecule has 0 amide bonds. The SMILES string of the molecule is F[B-](F)(F)F.F[B-](F)(F)F.F[B-](F)(F)F.F[B-](F)(F)F.F[B-](F)(F)F.F[B-](F)(F)F.F[B-](F)(F)F.F[B-](F)(F)F.F[B-](F)(F)F.F[B-](F)(F)F.F[B-](F)(F)F.F[B-](F)(F)F.[H-].[H-].[Li+].[Li+]. The molecule has 388 valence electrons. The smallest absolute Gasteiger partial charge is 1.00 e. The molecule has 0 nitrogen and oxygen atoms in total. The minimum absolute atomic E-state index is 0. The third-order valence-electron chi connectivity index (χ3n) is 0. The predicted octanol–water partition coefficient (Wildman–Crippen LogP) is 9.83. The van der Waals surface area contributed by atoms with Crippen LogP contribution in [0.1, 0.15) is 2.85 Å². The van der Waals surface area contributed by atoms with Gasteiger partial charge in [0.2, 0.25) is 0 Å². The normalized spacial score (nSPS) is 11.6. The summed E-state index contributed by atoms with van der Waals surface area (Å²) >= 11 is 0. The fraction of sp³-hybridized carbons (Fsp3) is 0. The third kappa shape index (κ3) is 101000. The Labute approximate surface area is 335 Å². The molecule has 0 aliphatic carbocycles. The van der Waals surface area contributed by atoms with Crippen LogP contribution in [-0.2, 0) is 0 Å². The molecule has 0 unspecified atom stereocenters. The molecule has 0 aromatic heterocycles. The zero-order chi connectivity index (χ0) is 54.0. The van der Waals surface area contributed by atoms with Gasteiger partial charge in [-0.05, 0) is 0 Å². The summed E-state index contributed by atoms with van der Waals surface area (Å²) in [5.74, 6) is 0. The summed E-state index contributed by atoms with van der Waals surface area (Å²) in [5.41, 5.74) is 0. The molecule has 0 saturated carbocycles. The van der Waals surface area contributed by atoms with Crippen molar-refractivity contribution in [2.75, 3.05) is 0 Å². The minimum Gasteiger partial charge on any atom is -1.00 e. The molecule has 0 atom stereocenters. The van der Waals surface area contributed by atoms with Gasteiger partial charge in [-0.3, -0.25) is 0 Å². The van der Waals surface area contributed by atoms with E-state index in [1.807, 2.05) is 0 Å². The van der Waals surface area contributed by atoms with Crippen LogP contribution in [0, 0.1) is 0 Å². The Morgan fingerprint density at radius 3 is 0.0968 bits per heavy atom. The van der Waals surface area contributed by atoms with Gasteiger partial charge in [-0.1, -0.05) is 0 Å². The van der Waals surface area contributed by atoms with E-state index < -0.39 is 87.1 Å². The summed E-state index contributed by atoms with van der Waals surface area (Å²) in [6.45, 7) is 0. The molecule has 0 rings (SSSR count). The van der Waals surface area contributed by atoms with Crippen molar-refractivity contribution in [2.45, 2.75) is 0 Å². The third-order valence-corrected chi connectivity index (χ3v) is 0. The molecular weight excluding hydrogens is 1060 g/mol. The molecular formula is H2B12F48Li2-12. The van der Waals surface area contributed by atoms with E-state index in [-0.39, 0.29) is 40.6 Å². The Morgan fingerprint density at radius 2 is 0.0968 bits per heavy atom. The molecule has 62 heavy (non-hydrogen) atoms. The van der Waals surface area contributed by atoms with E-state index in [0.717, 1.165) is 0 Å². The standard InChI is InChI=1S/12BF4.2Li.2H/c12*2-1(3,4)5;;;;/q12*-1;2*+1;2*-1. The van der Waals surface area contributed by atoms with Gasteiger partial charge >= 0.3 is 125 Å². The van der Waals surface area contributed by atoms with E-state index in [9.17, 15) is 207 Å². The van der Waals surface area contributed by atoms with Crippen molar-refractivity contribution in [1.82, 2.24) is 0 Å². The van der Waals surface area contributed by atoms with E-state index in [2.05, 4.69) is 0 Å². The number of hydrogen-bond acceptors (Lipinski definition) is 0. The van der Waals surface area contributed by atoms with E-state index in [0.29, 0.717) is 0 Å². The van der Waals surface area contributed by atoms with Crippen LogP contribution in [0.3, 0.4) is 0 Å². The van der Waals surface area contributed by atoms with Gasteiger partial charge in [-0.25, -0.2) is 0 Å². The molecule has 0 aliphatic rings. The monoisotopic (exact) mass is 1060 g/mol. The maximum absolute atomic E-state index is 9.75. The molecule has 0 aromatic rings. The van der Waals surface area contributed by atoms with Crippen LogP contribution in [0.25, 0.3) is 0 Å². The Balaban J connectivity index is -0.0000000279. The van der Waals surface area contributed by atoms with E-state index in [4.69, 9.17) is 0 Å². The van der Waals surface area contributed by atoms with Crippen molar-refractivity contribution < 1.29 is 248 Å². The van der Waals surface area contributed by atoms with Gasteiger partial charge < -0.3 is 210 Å². The summed E-state index contributed by atoms with van der Waals surface area (Å²) in [5, 5.41) is 0. The first kappa shape index (κ1) is 99.1. The van der Waals surface area contributed by atoms with Gasteiger partial charge in [-0.15, -0.1) is 0 Å². The van der Waals surface area contributed by atoms with Crippen molar-refractivity contribution in [3.63, 3.8) is 0 Å². The van der Waals surface area contributed by atoms with E-state index >= 15 is 0 Å². The number of rotatable bonds is 0. The fourth-order valence-corrected chi connectivity index (χ4v) is 0. The van der Waals surface area contributed by atoms with Gasteiger partial charge in [0.1, 0.15) is 0 Å². The van der Waals surface area contributed by atoms with Crippen molar-refractivity contribution in [1.29, 1.82) is 0 Å². The summed E-state index contributed by atoms with van der Waals surface area (Å²) in [7, 11) is -72.0. The van der Waals surface area contributed by atoms with Crippen molar-refractivity contribution in [3.05, 3.63) is 0 Å². The maximum atomic E-state index is 9.75. The first-order chi connectivity index (χ1) is 24.0. The van der Waals surface area contributed by atoms with Crippen molar-refractivity contribution >= 4 is 87.1 Å². The molecule has 0 radical (unpaired) electrons. The van der Waals surface area contributed by atoms with Crippen LogP contribution >= 0.6 is 0 Å². The molecule has 0 saturated heterocycles. The molecule has 0 fully saturated rings. The quantitative estimate of drug-likeness (QED) is 0.168. The number of halogens is 48. The molecule has 0 spiro atoms. The van der Waals surface area contributed by atoms with Crippen LogP contribution in [0.15, 0.2) is 0 Å². The second-order valence-corrected chi connectivity index (χ2v) is 5.94. The van der Waals surface area contributed by atoms with E-state index in [1.165, 1.54) is 0 Å². The van der Waals surface area contributed by atoms with Gasteiger partial charge in [0.15, 0.2) is 0 Å². The Kier molecular flexibility index (Phi) is 65.7. The largest absolute Gasteiger partial charge is 1.00 e. The topological polar surface area (TPSA) is 0 Å². The van der Waals surface area contributed by atoms with Crippen molar-refractivity contribution in [2.24, 2.45) is 0 Å².